The van der Waals surface area contributed by atoms with E-state index in [1.807, 2.05) is 6.92 Å². The molecule has 0 N–H and O–H groups in total. The molecule has 0 spiro atoms. The van der Waals surface area contributed by atoms with Crippen LogP contribution in [0.4, 0.5) is 0 Å². The summed E-state index contributed by atoms with van der Waals surface area (Å²) in [6.45, 7) is 6.86. The minimum absolute atomic E-state index is 0.120. The van der Waals surface area contributed by atoms with E-state index in [2.05, 4.69) is 19.0 Å². The molecule has 0 heterocycles. The van der Waals surface area contributed by atoms with Crippen molar-refractivity contribution >= 4 is 11.7 Å². The molecule has 0 aliphatic heterocycles. The Morgan fingerprint density at radius 2 is 2.17 bits per heavy atom. The molecule has 2 bridgehead atoms. The zero-order chi connectivity index (χ0) is 13.3. The fraction of sp³-hybridized carbons (Fsp3) is 0.857. The summed E-state index contributed by atoms with van der Waals surface area (Å²) in [6.07, 6.45) is 2.66. The molecule has 3 aliphatic rings. The van der Waals surface area contributed by atoms with Crippen LogP contribution in [0.5, 0.6) is 0 Å². The van der Waals surface area contributed by atoms with Crippen molar-refractivity contribution in [3.63, 3.8) is 0 Å². The Morgan fingerprint density at radius 3 is 2.72 bits per heavy atom. The monoisotopic (exact) mass is 253 g/mol. The van der Waals surface area contributed by atoms with Crippen LogP contribution >= 0.6 is 0 Å². The Morgan fingerprint density at radius 1 is 1.44 bits per heavy atom. The summed E-state index contributed by atoms with van der Waals surface area (Å²) >= 11 is 0. The number of esters is 1. The highest BCUT2D eigenvalue weighted by atomic mass is 16.6. The molecule has 0 aromatic heterocycles. The minimum Gasteiger partial charge on any atom is -0.466 e. The average Bonchev–Trinajstić information content (AvgIpc) is 2.31. The van der Waals surface area contributed by atoms with E-state index in [0.717, 1.165) is 12.1 Å². The van der Waals surface area contributed by atoms with Crippen LogP contribution in [0.25, 0.3) is 0 Å². The van der Waals surface area contributed by atoms with E-state index in [9.17, 15) is 4.79 Å². The van der Waals surface area contributed by atoms with Gasteiger partial charge in [0.05, 0.1) is 18.7 Å². The van der Waals surface area contributed by atoms with Gasteiger partial charge in [-0.2, -0.15) is 0 Å². The number of carbonyl (C=O) groups excluding carboxylic acids is 1. The van der Waals surface area contributed by atoms with Crippen LogP contribution in [0.3, 0.4) is 0 Å². The van der Waals surface area contributed by atoms with Gasteiger partial charge in [-0.15, -0.1) is 0 Å². The Labute approximate surface area is 109 Å². The van der Waals surface area contributed by atoms with Crippen molar-refractivity contribution in [2.75, 3.05) is 13.7 Å². The van der Waals surface area contributed by atoms with E-state index in [4.69, 9.17) is 9.57 Å². The standard InChI is InChI=1S/C14H23NO3/c1-5-18-12(16)7-9-6-10-8-11(14(10,2)3)13(9)15-17-4/h9-11H,5-8H2,1-4H3. The number of hydrogen-bond donors (Lipinski definition) is 0. The molecule has 3 saturated carbocycles. The molecule has 4 heteroatoms. The Balaban J connectivity index is 2.08. The summed E-state index contributed by atoms with van der Waals surface area (Å²) in [5.41, 5.74) is 1.38. The van der Waals surface area contributed by atoms with Crippen LogP contribution in [0.2, 0.25) is 0 Å². The molecule has 3 unspecified atom stereocenters. The summed E-state index contributed by atoms with van der Waals surface area (Å²) in [5.74, 6) is 1.26. The number of fused-ring (bicyclic) bond motifs is 2. The van der Waals surface area contributed by atoms with Gasteiger partial charge in [0.15, 0.2) is 0 Å². The van der Waals surface area contributed by atoms with E-state index < -0.39 is 0 Å². The molecule has 18 heavy (non-hydrogen) atoms. The van der Waals surface area contributed by atoms with Crippen molar-refractivity contribution < 1.29 is 14.4 Å². The third-order valence-corrected chi connectivity index (χ3v) is 4.73. The zero-order valence-corrected chi connectivity index (χ0v) is 11.7. The predicted molar refractivity (Wildman–Crippen MR) is 69.2 cm³/mol. The first kappa shape index (κ1) is 13.4. The second-order valence-corrected chi connectivity index (χ2v) is 5.95. The molecular weight excluding hydrogens is 230 g/mol. The first-order valence-electron chi connectivity index (χ1n) is 6.77. The van der Waals surface area contributed by atoms with Crippen molar-refractivity contribution in [3.8, 4) is 0 Å². The number of oxime groups is 1. The molecule has 3 atom stereocenters. The fourth-order valence-corrected chi connectivity index (χ4v) is 3.52. The number of ether oxygens (including phenoxy) is 1. The van der Waals surface area contributed by atoms with Gasteiger partial charge >= 0.3 is 5.97 Å². The fourth-order valence-electron chi connectivity index (χ4n) is 3.52. The number of rotatable bonds is 4. The van der Waals surface area contributed by atoms with E-state index in [0.29, 0.717) is 30.3 Å². The third kappa shape index (κ3) is 2.13. The largest absolute Gasteiger partial charge is 0.466 e. The van der Waals surface area contributed by atoms with Crippen molar-refractivity contribution in [2.24, 2.45) is 28.3 Å². The van der Waals surface area contributed by atoms with Gasteiger partial charge in [-0.3, -0.25) is 4.79 Å². The molecule has 0 saturated heterocycles. The lowest BCUT2D eigenvalue weighted by Crippen LogP contribution is -2.56. The third-order valence-electron chi connectivity index (χ3n) is 4.73. The molecule has 0 amide bonds. The zero-order valence-electron chi connectivity index (χ0n) is 11.7. The number of carbonyl (C=O) groups is 1. The topological polar surface area (TPSA) is 47.9 Å². The van der Waals surface area contributed by atoms with Gasteiger partial charge in [-0.1, -0.05) is 19.0 Å². The van der Waals surface area contributed by atoms with Gasteiger partial charge in [0.25, 0.3) is 0 Å². The van der Waals surface area contributed by atoms with E-state index >= 15 is 0 Å². The number of nitrogens with zero attached hydrogens (tertiary/aromatic N) is 1. The lowest BCUT2D eigenvalue weighted by molar-refractivity contribution is -0.144. The maximum Gasteiger partial charge on any atom is 0.306 e. The summed E-state index contributed by atoms with van der Waals surface area (Å²) in [4.78, 5) is 16.6. The molecule has 0 radical (unpaired) electrons. The molecule has 3 rings (SSSR count). The van der Waals surface area contributed by atoms with Gasteiger partial charge in [0.1, 0.15) is 7.11 Å². The van der Waals surface area contributed by atoms with Crippen molar-refractivity contribution in [1.82, 2.24) is 0 Å². The van der Waals surface area contributed by atoms with Crippen molar-refractivity contribution in [1.29, 1.82) is 0 Å². The first-order chi connectivity index (χ1) is 8.50. The number of hydrogen-bond acceptors (Lipinski definition) is 4. The summed E-state index contributed by atoms with van der Waals surface area (Å²) < 4.78 is 5.04. The van der Waals surface area contributed by atoms with Crippen LogP contribution in [0.1, 0.15) is 40.0 Å². The molecule has 3 fully saturated rings. The average molecular weight is 253 g/mol. The van der Waals surface area contributed by atoms with Crippen LogP contribution in [-0.2, 0) is 14.4 Å². The SMILES string of the molecule is CCOC(=O)CC1CC2CC(C1=NOC)C2(C)C. The highest BCUT2D eigenvalue weighted by molar-refractivity contribution is 5.94. The molecule has 0 aromatic carbocycles. The summed E-state index contributed by atoms with van der Waals surface area (Å²) in [7, 11) is 1.58. The highest BCUT2D eigenvalue weighted by Gasteiger charge is 2.56. The summed E-state index contributed by atoms with van der Waals surface area (Å²) in [6, 6.07) is 0. The maximum atomic E-state index is 11.6. The van der Waals surface area contributed by atoms with Crippen molar-refractivity contribution in [3.05, 3.63) is 0 Å². The quantitative estimate of drug-likeness (QED) is 0.571. The van der Waals surface area contributed by atoms with Crippen molar-refractivity contribution in [2.45, 2.75) is 40.0 Å². The lowest BCUT2D eigenvalue weighted by Gasteiger charge is -2.58. The van der Waals surface area contributed by atoms with Gasteiger partial charge in [0.2, 0.25) is 0 Å². The molecule has 3 aliphatic carbocycles. The molecule has 4 nitrogen and oxygen atoms in total. The molecule has 102 valence electrons. The minimum atomic E-state index is -0.120. The maximum absolute atomic E-state index is 11.6. The van der Waals surface area contributed by atoms with Gasteiger partial charge in [-0.25, -0.2) is 0 Å². The van der Waals surface area contributed by atoms with Gasteiger partial charge in [-0.05, 0) is 31.1 Å². The van der Waals surface area contributed by atoms with Crippen LogP contribution in [-0.4, -0.2) is 25.4 Å². The first-order valence-corrected chi connectivity index (χ1v) is 6.77. The van der Waals surface area contributed by atoms with E-state index in [1.54, 1.807) is 7.11 Å². The van der Waals surface area contributed by atoms with Gasteiger partial charge in [0, 0.05) is 11.8 Å². The van der Waals surface area contributed by atoms with Crippen LogP contribution in [0, 0.1) is 23.2 Å². The summed E-state index contributed by atoms with van der Waals surface area (Å²) in [5, 5.41) is 4.20. The van der Waals surface area contributed by atoms with E-state index in [1.165, 1.54) is 6.42 Å². The molecular formula is C14H23NO3. The Kier molecular flexibility index (Phi) is 3.64. The Hall–Kier alpha value is -1.06. The Bertz CT molecular complexity index is 362. The van der Waals surface area contributed by atoms with E-state index in [-0.39, 0.29) is 11.9 Å². The second kappa shape index (κ2) is 4.90. The lowest BCUT2D eigenvalue weighted by atomic mass is 9.46. The van der Waals surface area contributed by atoms with Crippen LogP contribution < -0.4 is 0 Å². The second-order valence-electron chi connectivity index (χ2n) is 5.95. The predicted octanol–water partition coefficient (Wildman–Crippen LogP) is 2.62. The normalized spacial score (nSPS) is 34.9. The van der Waals surface area contributed by atoms with Crippen LogP contribution in [0.15, 0.2) is 5.16 Å². The highest BCUT2D eigenvalue weighted by Crippen LogP contribution is 2.59. The molecule has 0 aromatic rings. The van der Waals surface area contributed by atoms with Gasteiger partial charge < -0.3 is 9.57 Å². The smallest absolute Gasteiger partial charge is 0.306 e.